The van der Waals surface area contributed by atoms with Gasteiger partial charge in [-0.3, -0.25) is 4.90 Å². The number of likely N-dealkylation sites (N-methyl/N-ethyl adjacent to an activating group) is 1. The Hall–Kier alpha value is -0.120. The lowest BCUT2D eigenvalue weighted by Gasteiger charge is -2.43. The number of hydrogen-bond donors (Lipinski definition) is 0. The highest BCUT2D eigenvalue weighted by Crippen LogP contribution is 2.37. The van der Waals surface area contributed by atoms with Crippen molar-refractivity contribution >= 4 is 0 Å². The second-order valence-corrected chi connectivity index (χ2v) is 4.36. The Bertz CT molecular complexity index is 193. The van der Waals surface area contributed by atoms with Gasteiger partial charge in [0.1, 0.15) is 5.72 Å². The van der Waals surface area contributed by atoms with E-state index in [4.69, 9.17) is 9.47 Å². The molecule has 76 valence electrons. The molecule has 0 N–H and O–H groups in total. The van der Waals surface area contributed by atoms with Crippen LogP contribution in [0.25, 0.3) is 0 Å². The van der Waals surface area contributed by atoms with Crippen molar-refractivity contribution in [1.82, 2.24) is 4.90 Å². The molecule has 0 aromatic carbocycles. The highest BCUT2D eigenvalue weighted by Gasteiger charge is 2.49. The molecule has 0 bridgehead atoms. The van der Waals surface area contributed by atoms with Gasteiger partial charge >= 0.3 is 0 Å². The lowest BCUT2D eigenvalue weighted by atomic mass is 9.92. The first-order valence-electron chi connectivity index (χ1n) is 5.11. The molecular weight excluding hydrogens is 166 g/mol. The molecule has 3 nitrogen and oxygen atoms in total. The van der Waals surface area contributed by atoms with Crippen molar-refractivity contribution < 1.29 is 9.47 Å². The van der Waals surface area contributed by atoms with Crippen LogP contribution in [0.15, 0.2) is 0 Å². The minimum atomic E-state index is -0.127. The molecule has 0 aromatic rings. The Balaban J connectivity index is 2.17. The van der Waals surface area contributed by atoms with Gasteiger partial charge in [0.25, 0.3) is 0 Å². The van der Waals surface area contributed by atoms with E-state index in [1.807, 2.05) is 0 Å². The maximum absolute atomic E-state index is 5.92. The molecule has 3 atom stereocenters. The molecule has 2 aliphatic rings. The average molecular weight is 185 g/mol. The number of rotatable bonds is 0. The normalized spacial score (nSPS) is 47.3. The maximum atomic E-state index is 5.92. The molecule has 0 aromatic heterocycles. The summed E-state index contributed by atoms with van der Waals surface area (Å²) < 4.78 is 11.4. The third-order valence-corrected chi connectivity index (χ3v) is 3.61. The summed E-state index contributed by atoms with van der Waals surface area (Å²) in [7, 11) is 2.14. The quantitative estimate of drug-likeness (QED) is 0.564. The van der Waals surface area contributed by atoms with Gasteiger partial charge in [0, 0.05) is 18.6 Å². The van der Waals surface area contributed by atoms with Crippen LogP contribution in [0.3, 0.4) is 0 Å². The Morgan fingerprint density at radius 1 is 1.38 bits per heavy atom. The summed E-state index contributed by atoms with van der Waals surface area (Å²) in [6, 6.07) is 0.518. The molecule has 1 spiro atoms. The molecule has 0 saturated carbocycles. The van der Waals surface area contributed by atoms with E-state index in [-0.39, 0.29) is 5.72 Å². The summed E-state index contributed by atoms with van der Waals surface area (Å²) in [5.41, 5.74) is -0.127. The fourth-order valence-corrected chi connectivity index (χ4v) is 2.33. The fraction of sp³-hybridized carbons (Fsp3) is 1.00. The smallest absolute Gasteiger partial charge is 0.147 e. The van der Waals surface area contributed by atoms with Gasteiger partial charge in [0.15, 0.2) is 0 Å². The number of ether oxygens (including phenoxy) is 2. The van der Waals surface area contributed by atoms with Crippen molar-refractivity contribution in [3.63, 3.8) is 0 Å². The monoisotopic (exact) mass is 185 g/mol. The van der Waals surface area contributed by atoms with Crippen molar-refractivity contribution in [3.8, 4) is 0 Å². The molecule has 0 unspecified atom stereocenters. The minimum absolute atomic E-state index is 0.127. The van der Waals surface area contributed by atoms with Gasteiger partial charge < -0.3 is 9.47 Å². The molecule has 2 fully saturated rings. The van der Waals surface area contributed by atoms with Gasteiger partial charge in [-0.1, -0.05) is 6.92 Å². The number of nitrogens with zero attached hydrogens (tertiary/aromatic N) is 1. The Morgan fingerprint density at radius 2 is 2.15 bits per heavy atom. The van der Waals surface area contributed by atoms with Gasteiger partial charge in [0.05, 0.1) is 13.2 Å². The van der Waals surface area contributed by atoms with Gasteiger partial charge in [0.2, 0.25) is 0 Å². The summed E-state index contributed by atoms with van der Waals surface area (Å²) >= 11 is 0. The van der Waals surface area contributed by atoms with E-state index >= 15 is 0 Å². The topological polar surface area (TPSA) is 21.7 Å². The first kappa shape index (κ1) is 9.44. The van der Waals surface area contributed by atoms with Crippen LogP contribution in [0, 0.1) is 5.92 Å². The van der Waals surface area contributed by atoms with E-state index in [1.54, 1.807) is 0 Å². The van der Waals surface area contributed by atoms with Gasteiger partial charge in [-0.2, -0.15) is 0 Å². The van der Waals surface area contributed by atoms with Crippen LogP contribution in [0.4, 0.5) is 0 Å². The first-order chi connectivity index (χ1) is 6.17. The summed E-state index contributed by atoms with van der Waals surface area (Å²) in [5.74, 6) is 0.580. The zero-order valence-electron chi connectivity index (χ0n) is 8.75. The molecule has 0 aliphatic carbocycles. The van der Waals surface area contributed by atoms with Crippen LogP contribution in [0.1, 0.15) is 20.3 Å². The molecule has 0 amide bonds. The molecular formula is C10H19NO2. The van der Waals surface area contributed by atoms with E-state index < -0.39 is 0 Å². The van der Waals surface area contributed by atoms with Crippen LogP contribution >= 0.6 is 0 Å². The average Bonchev–Trinajstić information content (AvgIpc) is 2.40. The maximum Gasteiger partial charge on any atom is 0.147 e. The Morgan fingerprint density at radius 3 is 2.69 bits per heavy atom. The Labute approximate surface area is 80.0 Å². The van der Waals surface area contributed by atoms with Crippen LogP contribution in [-0.4, -0.2) is 43.5 Å². The van der Waals surface area contributed by atoms with Gasteiger partial charge in [-0.05, 0) is 20.4 Å². The summed E-state index contributed by atoms with van der Waals surface area (Å²) in [6.07, 6.45) is 1.11. The van der Waals surface area contributed by atoms with Crippen LogP contribution in [0.2, 0.25) is 0 Å². The van der Waals surface area contributed by atoms with Crippen molar-refractivity contribution in [2.45, 2.75) is 32.0 Å². The largest absolute Gasteiger partial charge is 0.377 e. The summed E-state index contributed by atoms with van der Waals surface area (Å²) in [4.78, 5) is 2.33. The molecule has 0 radical (unpaired) electrons. The third-order valence-electron chi connectivity index (χ3n) is 3.61. The van der Waals surface area contributed by atoms with Crippen molar-refractivity contribution in [2.75, 3.05) is 26.9 Å². The lowest BCUT2D eigenvalue weighted by Crippen LogP contribution is -2.55. The van der Waals surface area contributed by atoms with E-state index in [0.29, 0.717) is 12.0 Å². The lowest BCUT2D eigenvalue weighted by molar-refractivity contribution is -0.187. The Kier molecular flexibility index (Phi) is 2.34. The van der Waals surface area contributed by atoms with E-state index in [1.165, 1.54) is 0 Å². The van der Waals surface area contributed by atoms with Crippen molar-refractivity contribution in [2.24, 2.45) is 5.92 Å². The van der Waals surface area contributed by atoms with E-state index in [9.17, 15) is 0 Å². The van der Waals surface area contributed by atoms with E-state index in [0.717, 1.165) is 26.2 Å². The van der Waals surface area contributed by atoms with Gasteiger partial charge in [-0.15, -0.1) is 0 Å². The highest BCUT2D eigenvalue weighted by atomic mass is 16.6. The zero-order valence-corrected chi connectivity index (χ0v) is 8.75. The first-order valence-corrected chi connectivity index (χ1v) is 5.11. The summed E-state index contributed by atoms with van der Waals surface area (Å²) in [6.45, 7) is 6.92. The molecule has 3 heteroatoms. The summed E-state index contributed by atoms with van der Waals surface area (Å²) in [5, 5.41) is 0. The molecule has 2 saturated heterocycles. The standard InChI is InChI=1S/C10H19NO2/c1-8-4-5-12-7-10(8)11(3)9(2)6-13-10/h8-9H,4-7H2,1-3H3/t8-,9+,10-/m0/s1. The van der Waals surface area contributed by atoms with Crippen molar-refractivity contribution in [3.05, 3.63) is 0 Å². The minimum Gasteiger partial charge on any atom is -0.377 e. The van der Waals surface area contributed by atoms with Gasteiger partial charge in [-0.25, -0.2) is 0 Å². The van der Waals surface area contributed by atoms with Crippen LogP contribution in [0.5, 0.6) is 0 Å². The number of hydrogen-bond acceptors (Lipinski definition) is 3. The third kappa shape index (κ3) is 1.30. The van der Waals surface area contributed by atoms with E-state index in [2.05, 4.69) is 25.8 Å². The zero-order chi connectivity index (χ0) is 9.47. The van der Waals surface area contributed by atoms with Crippen LogP contribution in [-0.2, 0) is 9.47 Å². The second kappa shape index (κ2) is 3.23. The molecule has 2 heterocycles. The molecule has 2 rings (SSSR count). The molecule has 13 heavy (non-hydrogen) atoms. The predicted molar refractivity (Wildman–Crippen MR) is 50.5 cm³/mol. The fourth-order valence-electron chi connectivity index (χ4n) is 2.33. The van der Waals surface area contributed by atoms with Crippen LogP contribution < -0.4 is 0 Å². The predicted octanol–water partition coefficient (Wildman–Crippen LogP) is 1.09. The molecule has 2 aliphatic heterocycles. The SMILES string of the molecule is C[C@@H]1CO[C@]2(COCC[C@@H]2C)N1C. The second-order valence-electron chi connectivity index (χ2n) is 4.36. The van der Waals surface area contributed by atoms with Crippen molar-refractivity contribution in [1.29, 1.82) is 0 Å². The highest BCUT2D eigenvalue weighted by molar-refractivity contribution is 4.94.